The zero-order valence-electron chi connectivity index (χ0n) is 16.4. The number of nitrogens with one attached hydrogen (secondary N) is 2. The second kappa shape index (κ2) is 7.88. The van der Waals surface area contributed by atoms with Crippen LogP contribution >= 0.6 is 0 Å². The van der Waals surface area contributed by atoms with Crippen molar-refractivity contribution in [3.63, 3.8) is 0 Å². The molecule has 0 spiro atoms. The molecule has 1 atom stereocenters. The van der Waals surface area contributed by atoms with Crippen LogP contribution < -0.4 is 10.2 Å². The molecule has 2 amide bonds. The molecule has 1 fully saturated rings. The first-order valence-corrected chi connectivity index (χ1v) is 9.78. The Morgan fingerprint density at radius 1 is 1.18 bits per heavy atom. The summed E-state index contributed by atoms with van der Waals surface area (Å²) < 4.78 is 0. The minimum absolute atomic E-state index is 0.0410. The number of hydrogen-bond donors (Lipinski definition) is 2. The van der Waals surface area contributed by atoms with Crippen LogP contribution in [-0.4, -0.2) is 52.1 Å². The van der Waals surface area contributed by atoms with Gasteiger partial charge in [0.2, 0.25) is 0 Å². The Labute approximate surface area is 164 Å². The number of pyridine rings is 1. The SMILES string of the molecule is Cc1cc(N2CCCN(C(=O)NC(C)c3nc4ccccc4[nH]3)CC2)ccn1. The maximum absolute atomic E-state index is 12.8. The van der Waals surface area contributed by atoms with Crippen molar-refractivity contribution in [2.24, 2.45) is 0 Å². The molecule has 1 aliphatic heterocycles. The van der Waals surface area contributed by atoms with Gasteiger partial charge in [0, 0.05) is 43.8 Å². The molecule has 0 bridgehead atoms. The maximum atomic E-state index is 12.8. The quantitative estimate of drug-likeness (QED) is 0.733. The number of aromatic amines is 1. The Hall–Kier alpha value is -3.09. The number of rotatable bonds is 3. The Morgan fingerprint density at radius 3 is 2.86 bits per heavy atom. The number of benzene rings is 1. The van der Waals surface area contributed by atoms with Gasteiger partial charge in [0.25, 0.3) is 0 Å². The number of aryl methyl sites for hydroxylation is 1. The number of hydrogen-bond acceptors (Lipinski definition) is 4. The van der Waals surface area contributed by atoms with Gasteiger partial charge in [-0.1, -0.05) is 12.1 Å². The average molecular weight is 378 g/mol. The standard InChI is InChI=1S/C21H26N6O/c1-15-14-17(8-9-22-15)26-10-5-11-27(13-12-26)21(28)23-16(2)20-24-18-6-3-4-7-19(18)25-20/h3-4,6-9,14,16H,5,10-13H2,1-2H3,(H,23,28)(H,24,25). The van der Waals surface area contributed by atoms with Gasteiger partial charge in [-0.3, -0.25) is 4.98 Å². The zero-order chi connectivity index (χ0) is 19.5. The highest BCUT2D eigenvalue weighted by molar-refractivity contribution is 5.76. The molecule has 0 saturated carbocycles. The highest BCUT2D eigenvalue weighted by atomic mass is 16.2. The van der Waals surface area contributed by atoms with Crippen LogP contribution in [0.1, 0.15) is 30.9 Å². The van der Waals surface area contributed by atoms with Gasteiger partial charge in [0.05, 0.1) is 17.1 Å². The van der Waals surface area contributed by atoms with Gasteiger partial charge < -0.3 is 20.1 Å². The molecule has 3 aromatic rings. The van der Waals surface area contributed by atoms with Crippen LogP contribution in [0.2, 0.25) is 0 Å². The molecule has 1 saturated heterocycles. The highest BCUT2D eigenvalue weighted by Crippen LogP contribution is 2.18. The number of para-hydroxylation sites is 2. The molecule has 3 heterocycles. The summed E-state index contributed by atoms with van der Waals surface area (Å²) in [5, 5.41) is 3.08. The lowest BCUT2D eigenvalue weighted by Crippen LogP contribution is -2.43. The molecule has 0 radical (unpaired) electrons. The van der Waals surface area contributed by atoms with Gasteiger partial charge in [0.15, 0.2) is 0 Å². The van der Waals surface area contributed by atoms with E-state index in [4.69, 9.17) is 0 Å². The van der Waals surface area contributed by atoms with Gasteiger partial charge in [-0.05, 0) is 44.5 Å². The third-order valence-corrected chi connectivity index (χ3v) is 5.19. The van der Waals surface area contributed by atoms with Gasteiger partial charge in [-0.2, -0.15) is 0 Å². The van der Waals surface area contributed by atoms with E-state index in [9.17, 15) is 4.79 Å². The van der Waals surface area contributed by atoms with Crippen molar-refractivity contribution >= 4 is 22.8 Å². The van der Waals surface area contributed by atoms with Crippen molar-refractivity contribution < 1.29 is 4.79 Å². The number of imidazole rings is 1. The lowest BCUT2D eigenvalue weighted by atomic mass is 10.3. The highest BCUT2D eigenvalue weighted by Gasteiger charge is 2.22. The molecule has 28 heavy (non-hydrogen) atoms. The Morgan fingerprint density at radius 2 is 2.04 bits per heavy atom. The van der Waals surface area contributed by atoms with Crippen LogP contribution in [0.5, 0.6) is 0 Å². The number of nitrogens with zero attached hydrogens (tertiary/aromatic N) is 4. The average Bonchev–Trinajstić information content (AvgIpc) is 2.97. The molecule has 1 aliphatic rings. The summed E-state index contributed by atoms with van der Waals surface area (Å²) in [5.41, 5.74) is 4.08. The van der Waals surface area contributed by atoms with Crippen molar-refractivity contribution in [1.29, 1.82) is 0 Å². The number of carbonyl (C=O) groups is 1. The lowest BCUT2D eigenvalue weighted by molar-refractivity contribution is 0.197. The molecule has 0 aliphatic carbocycles. The number of amides is 2. The van der Waals surface area contributed by atoms with Gasteiger partial charge >= 0.3 is 6.03 Å². The first-order valence-electron chi connectivity index (χ1n) is 9.78. The number of anilines is 1. The molecule has 2 N–H and O–H groups in total. The minimum Gasteiger partial charge on any atom is -0.370 e. The smallest absolute Gasteiger partial charge is 0.318 e. The Balaban J connectivity index is 1.38. The van der Waals surface area contributed by atoms with Crippen molar-refractivity contribution in [2.75, 3.05) is 31.1 Å². The fourth-order valence-electron chi connectivity index (χ4n) is 3.63. The summed E-state index contributed by atoms with van der Waals surface area (Å²) in [4.78, 5) is 29.2. The lowest BCUT2D eigenvalue weighted by Gasteiger charge is -2.25. The second-order valence-corrected chi connectivity index (χ2v) is 7.29. The van der Waals surface area contributed by atoms with Crippen LogP contribution in [-0.2, 0) is 0 Å². The van der Waals surface area contributed by atoms with E-state index in [-0.39, 0.29) is 12.1 Å². The van der Waals surface area contributed by atoms with Crippen molar-refractivity contribution in [3.05, 3.63) is 54.1 Å². The molecular formula is C21H26N6O. The van der Waals surface area contributed by atoms with E-state index in [1.807, 2.05) is 55.3 Å². The molecule has 4 rings (SSSR count). The van der Waals surface area contributed by atoms with Gasteiger partial charge in [-0.15, -0.1) is 0 Å². The second-order valence-electron chi connectivity index (χ2n) is 7.29. The van der Waals surface area contributed by atoms with Gasteiger partial charge in [0.1, 0.15) is 5.82 Å². The molecule has 7 heteroatoms. The van der Waals surface area contributed by atoms with Gasteiger partial charge in [-0.25, -0.2) is 9.78 Å². The number of aromatic nitrogens is 3. The van der Waals surface area contributed by atoms with Crippen LogP contribution in [0, 0.1) is 6.92 Å². The molecule has 7 nitrogen and oxygen atoms in total. The van der Waals surface area contributed by atoms with Crippen LogP contribution in [0.25, 0.3) is 11.0 Å². The third kappa shape index (κ3) is 3.93. The minimum atomic E-state index is -0.179. The predicted octanol–water partition coefficient (Wildman–Crippen LogP) is 3.25. The molecule has 146 valence electrons. The summed E-state index contributed by atoms with van der Waals surface area (Å²) in [6.45, 7) is 7.15. The van der Waals surface area contributed by atoms with Crippen LogP contribution in [0.15, 0.2) is 42.6 Å². The number of fused-ring (bicyclic) bond motifs is 1. The summed E-state index contributed by atoms with van der Waals surface area (Å²) in [6, 6.07) is 11.8. The summed E-state index contributed by atoms with van der Waals surface area (Å²) in [5.74, 6) is 0.776. The van der Waals surface area contributed by atoms with E-state index in [1.54, 1.807) is 0 Å². The largest absolute Gasteiger partial charge is 0.370 e. The predicted molar refractivity (Wildman–Crippen MR) is 110 cm³/mol. The molecular weight excluding hydrogens is 352 g/mol. The summed E-state index contributed by atoms with van der Waals surface area (Å²) in [6.07, 6.45) is 2.78. The van der Waals surface area contributed by atoms with Crippen molar-refractivity contribution in [1.82, 2.24) is 25.2 Å². The monoisotopic (exact) mass is 378 g/mol. The first kappa shape index (κ1) is 18.3. The number of H-pyrrole nitrogens is 1. The van der Waals surface area contributed by atoms with Crippen molar-refractivity contribution in [2.45, 2.75) is 26.3 Å². The maximum Gasteiger partial charge on any atom is 0.318 e. The number of urea groups is 1. The first-order chi connectivity index (χ1) is 13.6. The van der Waals surface area contributed by atoms with Crippen LogP contribution in [0.3, 0.4) is 0 Å². The van der Waals surface area contributed by atoms with E-state index in [1.165, 1.54) is 5.69 Å². The van der Waals surface area contributed by atoms with E-state index in [0.29, 0.717) is 6.54 Å². The van der Waals surface area contributed by atoms with E-state index < -0.39 is 0 Å². The van der Waals surface area contributed by atoms with E-state index in [2.05, 4.69) is 31.2 Å². The van der Waals surface area contributed by atoms with Crippen LogP contribution in [0.4, 0.5) is 10.5 Å². The fourth-order valence-corrected chi connectivity index (χ4v) is 3.63. The zero-order valence-corrected chi connectivity index (χ0v) is 16.4. The Kier molecular flexibility index (Phi) is 5.14. The van der Waals surface area contributed by atoms with E-state index >= 15 is 0 Å². The summed E-state index contributed by atoms with van der Waals surface area (Å²) >= 11 is 0. The summed E-state index contributed by atoms with van der Waals surface area (Å²) in [7, 11) is 0. The van der Waals surface area contributed by atoms with Crippen molar-refractivity contribution in [3.8, 4) is 0 Å². The normalized spacial score (nSPS) is 16.1. The molecule has 1 aromatic carbocycles. The topological polar surface area (TPSA) is 77.1 Å². The Bertz CT molecular complexity index is 935. The van der Waals surface area contributed by atoms with E-state index in [0.717, 1.165) is 48.6 Å². The third-order valence-electron chi connectivity index (χ3n) is 5.19. The molecule has 2 aromatic heterocycles. The molecule has 1 unspecified atom stereocenters. The fraction of sp³-hybridized carbons (Fsp3) is 0.381. The number of carbonyl (C=O) groups excluding carboxylic acids is 1.